The maximum atomic E-state index is 11.6. The van der Waals surface area contributed by atoms with Gasteiger partial charge in [0.05, 0.1) is 10.4 Å². The Kier molecular flexibility index (Phi) is 5.15. The normalized spacial score (nSPS) is 12.7. The van der Waals surface area contributed by atoms with Crippen LogP contribution in [0.5, 0.6) is 0 Å². The van der Waals surface area contributed by atoms with Crippen molar-refractivity contribution in [2.45, 2.75) is 6.10 Å². The van der Waals surface area contributed by atoms with E-state index in [4.69, 9.17) is 11.6 Å². The predicted molar refractivity (Wildman–Crippen MR) is 80.7 cm³/mol. The second-order valence-electron chi connectivity index (χ2n) is 3.79. The number of hydrogen-bond acceptors (Lipinski definition) is 4. The average molecular weight is 314 g/mol. The Balaban J connectivity index is 1.80. The molecular formula is C13H12ClNO2S2. The minimum absolute atomic E-state index is 0.200. The fourth-order valence-electron chi connectivity index (χ4n) is 1.41. The molecule has 0 aliphatic rings. The molecule has 0 fully saturated rings. The Labute approximate surface area is 124 Å². The van der Waals surface area contributed by atoms with Gasteiger partial charge in [-0.3, -0.25) is 4.79 Å². The van der Waals surface area contributed by atoms with E-state index in [-0.39, 0.29) is 12.5 Å². The topological polar surface area (TPSA) is 49.3 Å². The summed E-state index contributed by atoms with van der Waals surface area (Å²) in [6, 6.07) is 5.46. The number of carbonyl (C=O) groups excluding carboxylic acids is 1. The first-order chi connectivity index (χ1) is 9.15. The van der Waals surface area contributed by atoms with E-state index in [1.165, 1.54) is 28.7 Å². The summed E-state index contributed by atoms with van der Waals surface area (Å²) in [6.07, 6.45) is 2.46. The van der Waals surface area contributed by atoms with Crippen molar-refractivity contribution >= 4 is 46.3 Å². The number of amides is 1. The Morgan fingerprint density at radius 1 is 1.47 bits per heavy atom. The lowest BCUT2D eigenvalue weighted by molar-refractivity contribution is -0.116. The quantitative estimate of drug-likeness (QED) is 0.832. The molecule has 100 valence electrons. The number of aliphatic hydroxyl groups is 1. The van der Waals surface area contributed by atoms with Gasteiger partial charge >= 0.3 is 0 Å². The first-order valence-electron chi connectivity index (χ1n) is 5.56. The van der Waals surface area contributed by atoms with Gasteiger partial charge in [0.1, 0.15) is 0 Å². The van der Waals surface area contributed by atoms with Crippen molar-refractivity contribution < 1.29 is 9.90 Å². The summed E-state index contributed by atoms with van der Waals surface area (Å²) < 4.78 is 0.688. The van der Waals surface area contributed by atoms with Crippen LogP contribution in [0, 0.1) is 0 Å². The zero-order valence-corrected chi connectivity index (χ0v) is 12.3. The largest absolute Gasteiger partial charge is 0.387 e. The first-order valence-corrected chi connectivity index (χ1v) is 7.70. The molecule has 0 saturated heterocycles. The Morgan fingerprint density at radius 2 is 2.32 bits per heavy atom. The summed E-state index contributed by atoms with van der Waals surface area (Å²) in [5.74, 6) is -0.237. The molecule has 2 N–H and O–H groups in total. The van der Waals surface area contributed by atoms with Crippen LogP contribution in [0.1, 0.15) is 16.5 Å². The number of carbonyl (C=O) groups is 1. The summed E-state index contributed by atoms with van der Waals surface area (Å²) in [5, 5.41) is 16.2. The predicted octanol–water partition coefficient (Wildman–Crippen LogP) is 3.33. The van der Waals surface area contributed by atoms with Crippen molar-refractivity contribution in [1.29, 1.82) is 0 Å². The smallest absolute Gasteiger partial charge is 0.244 e. The Morgan fingerprint density at radius 3 is 2.95 bits per heavy atom. The van der Waals surface area contributed by atoms with Crippen molar-refractivity contribution in [2.24, 2.45) is 0 Å². The maximum absolute atomic E-state index is 11.6. The third kappa shape index (κ3) is 4.47. The van der Waals surface area contributed by atoms with Crippen LogP contribution in [-0.2, 0) is 4.79 Å². The molecule has 0 radical (unpaired) electrons. The summed E-state index contributed by atoms with van der Waals surface area (Å²) >= 11 is 8.70. The minimum Gasteiger partial charge on any atom is -0.387 e. The van der Waals surface area contributed by atoms with Gasteiger partial charge in [0.25, 0.3) is 0 Å². The zero-order valence-electron chi connectivity index (χ0n) is 9.88. The molecule has 2 aromatic rings. The van der Waals surface area contributed by atoms with Gasteiger partial charge < -0.3 is 10.4 Å². The van der Waals surface area contributed by atoms with Gasteiger partial charge in [-0.1, -0.05) is 11.6 Å². The van der Waals surface area contributed by atoms with Gasteiger partial charge in [-0.2, -0.15) is 11.3 Å². The Bertz CT molecular complexity index is 563. The highest BCUT2D eigenvalue weighted by Crippen LogP contribution is 2.22. The molecule has 6 heteroatoms. The monoisotopic (exact) mass is 313 g/mol. The third-order valence-corrected chi connectivity index (χ3v) is 4.29. The van der Waals surface area contributed by atoms with Crippen LogP contribution in [0.3, 0.4) is 0 Å². The summed E-state index contributed by atoms with van der Waals surface area (Å²) in [5.41, 5.74) is 0.819. The van der Waals surface area contributed by atoms with Crippen molar-refractivity contribution in [1.82, 2.24) is 5.32 Å². The fraction of sp³-hybridized carbons (Fsp3) is 0.154. The molecule has 0 spiro atoms. The fourth-order valence-corrected chi connectivity index (χ4v) is 3.09. The lowest BCUT2D eigenvalue weighted by Gasteiger charge is -2.08. The van der Waals surface area contributed by atoms with E-state index < -0.39 is 6.10 Å². The molecule has 0 bridgehead atoms. The third-order valence-electron chi connectivity index (χ3n) is 2.39. The molecule has 19 heavy (non-hydrogen) atoms. The standard InChI is InChI=1S/C13H12ClNO2S2/c14-12-3-1-10(19-12)2-4-13(17)15-7-11(16)9-5-6-18-8-9/h1-6,8,11,16H,7H2,(H,15,17)/b4-2+. The number of nitrogens with one attached hydrogen (secondary N) is 1. The first kappa shape index (κ1) is 14.3. The van der Waals surface area contributed by atoms with Crippen LogP contribution < -0.4 is 5.32 Å². The van der Waals surface area contributed by atoms with Crippen molar-refractivity contribution in [3.05, 3.63) is 49.8 Å². The molecule has 1 unspecified atom stereocenters. The molecule has 2 aromatic heterocycles. The molecule has 0 aromatic carbocycles. The van der Waals surface area contributed by atoms with Gasteiger partial charge in [0, 0.05) is 17.5 Å². The van der Waals surface area contributed by atoms with Crippen molar-refractivity contribution in [3.8, 4) is 0 Å². The summed E-state index contributed by atoms with van der Waals surface area (Å²) in [6.45, 7) is 0.200. The lowest BCUT2D eigenvalue weighted by atomic mass is 10.2. The van der Waals surface area contributed by atoms with Gasteiger partial charge in [-0.25, -0.2) is 0 Å². The van der Waals surface area contributed by atoms with Crippen LogP contribution in [0.15, 0.2) is 35.0 Å². The lowest BCUT2D eigenvalue weighted by Crippen LogP contribution is -2.26. The van der Waals surface area contributed by atoms with Crippen LogP contribution >= 0.6 is 34.3 Å². The highest BCUT2D eigenvalue weighted by molar-refractivity contribution is 7.17. The van der Waals surface area contributed by atoms with Crippen LogP contribution in [0.4, 0.5) is 0 Å². The molecule has 2 rings (SSSR count). The molecular weight excluding hydrogens is 302 g/mol. The van der Waals surface area contributed by atoms with E-state index in [1.54, 1.807) is 12.1 Å². The van der Waals surface area contributed by atoms with E-state index in [9.17, 15) is 9.90 Å². The van der Waals surface area contributed by atoms with E-state index in [0.29, 0.717) is 4.34 Å². The zero-order chi connectivity index (χ0) is 13.7. The molecule has 3 nitrogen and oxygen atoms in total. The maximum Gasteiger partial charge on any atom is 0.244 e. The minimum atomic E-state index is -0.667. The Hall–Kier alpha value is -1.14. The number of hydrogen-bond donors (Lipinski definition) is 2. The molecule has 0 aliphatic carbocycles. The summed E-state index contributed by atoms with van der Waals surface area (Å²) in [7, 11) is 0. The van der Waals surface area contributed by atoms with E-state index >= 15 is 0 Å². The van der Waals surface area contributed by atoms with Gasteiger partial charge in [-0.05, 0) is 40.6 Å². The van der Waals surface area contributed by atoms with E-state index in [1.807, 2.05) is 22.9 Å². The molecule has 2 heterocycles. The molecule has 0 saturated carbocycles. The molecule has 0 aliphatic heterocycles. The van der Waals surface area contributed by atoms with E-state index in [0.717, 1.165) is 10.4 Å². The van der Waals surface area contributed by atoms with Crippen LogP contribution in [-0.4, -0.2) is 17.6 Å². The number of rotatable bonds is 5. The molecule has 1 amide bonds. The average Bonchev–Trinajstić information content (AvgIpc) is 3.04. The van der Waals surface area contributed by atoms with Gasteiger partial charge in [0.2, 0.25) is 5.91 Å². The second kappa shape index (κ2) is 6.86. The van der Waals surface area contributed by atoms with Crippen LogP contribution in [0.2, 0.25) is 4.34 Å². The molecule has 1 atom stereocenters. The number of halogens is 1. The number of aliphatic hydroxyl groups excluding tert-OH is 1. The highest BCUT2D eigenvalue weighted by Gasteiger charge is 2.08. The second-order valence-corrected chi connectivity index (χ2v) is 6.32. The van der Waals surface area contributed by atoms with Gasteiger partial charge in [0.15, 0.2) is 0 Å². The van der Waals surface area contributed by atoms with Crippen molar-refractivity contribution in [2.75, 3.05) is 6.54 Å². The van der Waals surface area contributed by atoms with Crippen molar-refractivity contribution in [3.63, 3.8) is 0 Å². The number of thiophene rings is 2. The SMILES string of the molecule is O=C(/C=C/c1ccc(Cl)s1)NCC(O)c1ccsc1. The van der Waals surface area contributed by atoms with Gasteiger partial charge in [-0.15, -0.1) is 11.3 Å². The van der Waals surface area contributed by atoms with E-state index in [2.05, 4.69) is 5.32 Å². The summed E-state index contributed by atoms with van der Waals surface area (Å²) in [4.78, 5) is 12.5. The highest BCUT2D eigenvalue weighted by atomic mass is 35.5. The van der Waals surface area contributed by atoms with Crippen LogP contribution in [0.25, 0.3) is 6.08 Å².